The first-order chi connectivity index (χ1) is 7.22. The van der Waals surface area contributed by atoms with Gasteiger partial charge in [0.1, 0.15) is 0 Å². The van der Waals surface area contributed by atoms with Gasteiger partial charge in [-0.1, -0.05) is 13.0 Å². The Labute approximate surface area is 89.8 Å². The molecule has 0 spiro atoms. The second kappa shape index (κ2) is 3.85. The van der Waals surface area contributed by atoms with E-state index in [0.29, 0.717) is 0 Å². The van der Waals surface area contributed by atoms with Gasteiger partial charge in [-0.05, 0) is 38.0 Å². The van der Waals surface area contributed by atoms with Crippen LogP contribution in [0.3, 0.4) is 0 Å². The lowest BCUT2D eigenvalue weighted by Gasteiger charge is -2.07. The Morgan fingerprint density at radius 3 is 2.53 bits per heavy atom. The second-order valence-corrected chi connectivity index (χ2v) is 3.65. The number of rotatable bonds is 2. The fraction of sp³-hybridized carbons (Fsp3) is 0.333. The highest BCUT2D eigenvalue weighted by molar-refractivity contribution is 5.30. The Morgan fingerprint density at radius 1 is 1.20 bits per heavy atom. The Hall–Kier alpha value is -1.64. The molecule has 78 valence electrons. The summed E-state index contributed by atoms with van der Waals surface area (Å²) in [5.74, 6) is 0.896. The molecule has 0 aromatic carbocycles. The van der Waals surface area contributed by atoms with E-state index in [1.807, 2.05) is 30.7 Å². The van der Waals surface area contributed by atoms with Gasteiger partial charge in [-0.2, -0.15) is 5.10 Å². The van der Waals surface area contributed by atoms with E-state index in [4.69, 9.17) is 0 Å². The standard InChI is InChI=1S/C12H15N3/c1-4-11-5-6-12(14-10(11)3)15-9(2)7-8-13-15/h5-8H,4H2,1-3H3. The van der Waals surface area contributed by atoms with Crippen LogP contribution < -0.4 is 0 Å². The molecule has 2 aromatic rings. The smallest absolute Gasteiger partial charge is 0.153 e. The molecular formula is C12H15N3. The van der Waals surface area contributed by atoms with Gasteiger partial charge in [0.05, 0.1) is 0 Å². The maximum Gasteiger partial charge on any atom is 0.153 e. The van der Waals surface area contributed by atoms with Crippen LogP contribution >= 0.6 is 0 Å². The minimum absolute atomic E-state index is 0.896. The number of nitrogens with zero attached hydrogens (tertiary/aromatic N) is 3. The van der Waals surface area contributed by atoms with E-state index in [1.165, 1.54) is 5.56 Å². The predicted octanol–water partition coefficient (Wildman–Crippen LogP) is 2.45. The molecule has 0 radical (unpaired) electrons. The van der Waals surface area contributed by atoms with Crippen LogP contribution in [0.1, 0.15) is 23.9 Å². The van der Waals surface area contributed by atoms with Gasteiger partial charge in [-0.15, -0.1) is 0 Å². The highest BCUT2D eigenvalue weighted by Gasteiger charge is 2.04. The fourth-order valence-electron chi connectivity index (χ4n) is 1.68. The van der Waals surface area contributed by atoms with Gasteiger partial charge in [-0.25, -0.2) is 9.67 Å². The lowest BCUT2D eigenvalue weighted by molar-refractivity contribution is 0.808. The predicted molar refractivity (Wildman–Crippen MR) is 60.2 cm³/mol. The van der Waals surface area contributed by atoms with Crippen LogP contribution in [-0.2, 0) is 6.42 Å². The van der Waals surface area contributed by atoms with Crippen molar-refractivity contribution in [2.24, 2.45) is 0 Å². The Bertz CT molecular complexity index is 471. The van der Waals surface area contributed by atoms with Crippen LogP contribution in [0.2, 0.25) is 0 Å². The zero-order valence-electron chi connectivity index (χ0n) is 9.36. The van der Waals surface area contributed by atoms with E-state index in [1.54, 1.807) is 6.20 Å². The van der Waals surface area contributed by atoms with Gasteiger partial charge in [0.15, 0.2) is 5.82 Å². The van der Waals surface area contributed by atoms with Gasteiger partial charge in [0.2, 0.25) is 0 Å². The fourth-order valence-corrected chi connectivity index (χ4v) is 1.68. The molecule has 0 amide bonds. The van der Waals surface area contributed by atoms with Gasteiger partial charge in [0, 0.05) is 17.6 Å². The van der Waals surface area contributed by atoms with Crippen molar-refractivity contribution in [2.45, 2.75) is 27.2 Å². The number of hydrogen-bond donors (Lipinski definition) is 0. The molecular weight excluding hydrogens is 186 g/mol. The third-order valence-electron chi connectivity index (χ3n) is 2.61. The van der Waals surface area contributed by atoms with E-state index >= 15 is 0 Å². The molecule has 0 unspecified atom stereocenters. The maximum atomic E-state index is 4.55. The van der Waals surface area contributed by atoms with Crippen LogP contribution in [0.4, 0.5) is 0 Å². The van der Waals surface area contributed by atoms with Crippen LogP contribution in [-0.4, -0.2) is 14.8 Å². The van der Waals surface area contributed by atoms with Crippen molar-refractivity contribution in [3.05, 3.63) is 41.3 Å². The number of aromatic nitrogens is 3. The van der Waals surface area contributed by atoms with Gasteiger partial charge in [-0.3, -0.25) is 0 Å². The maximum absolute atomic E-state index is 4.55. The SMILES string of the molecule is CCc1ccc(-n2nccc2C)nc1C. The van der Waals surface area contributed by atoms with Crippen molar-refractivity contribution in [3.8, 4) is 5.82 Å². The van der Waals surface area contributed by atoms with Crippen molar-refractivity contribution in [1.29, 1.82) is 0 Å². The van der Waals surface area contributed by atoms with Crippen molar-refractivity contribution in [1.82, 2.24) is 14.8 Å². The average Bonchev–Trinajstić information content (AvgIpc) is 2.64. The van der Waals surface area contributed by atoms with Crippen molar-refractivity contribution < 1.29 is 0 Å². The summed E-state index contributed by atoms with van der Waals surface area (Å²) in [7, 11) is 0. The second-order valence-electron chi connectivity index (χ2n) is 3.65. The summed E-state index contributed by atoms with van der Waals surface area (Å²) in [6.45, 7) is 6.21. The number of hydrogen-bond acceptors (Lipinski definition) is 2. The van der Waals surface area contributed by atoms with Crippen LogP contribution in [0.25, 0.3) is 5.82 Å². The topological polar surface area (TPSA) is 30.7 Å². The van der Waals surface area contributed by atoms with Gasteiger partial charge < -0.3 is 0 Å². The van der Waals surface area contributed by atoms with Gasteiger partial charge >= 0.3 is 0 Å². The molecule has 0 fully saturated rings. The summed E-state index contributed by atoms with van der Waals surface area (Å²) < 4.78 is 1.85. The van der Waals surface area contributed by atoms with E-state index in [2.05, 4.69) is 23.1 Å². The molecule has 0 saturated heterocycles. The molecule has 0 bridgehead atoms. The summed E-state index contributed by atoms with van der Waals surface area (Å²) in [6, 6.07) is 6.12. The van der Waals surface area contributed by atoms with E-state index in [-0.39, 0.29) is 0 Å². The normalized spacial score (nSPS) is 10.6. The largest absolute Gasteiger partial charge is 0.234 e. The molecule has 0 aliphatic rings. The lowest BCUT2D eigenvalue weighted by Crippen LogP contribution is -2.03. The quantitative estimate of drug-likeness (QED) is 0.747. The van der Waals surface area contributed by atoms with E-state index in [9.17, 15) is 0 Å². The summed E-state index contributed by atoms with van der Waals surface area (Å²) in [5.41, 5.74) is 3.49. The first-order valence-corrected chi connectivity index (χ1v) is 5.20. The molecule has 2 heterocycles. The van der Waals surface area contributed by atoms with E-state index < -0.39 is 0 Å². The first kappa shape index (κ1) is 9.90. The lowest BCUT2D eigenvalue weighted by atomic mass is 10.1. The summed E-state index contributed by atoms with van der Waals surface area (Å²) in [4.78, 5) is 4.55. The summed E-state index contributed by atoms with van der Waals surface area (Å²) >= 11 is 0. The molecule has 15 heavy (non-hydrogen) atoms. The minimum Gasteiger partial charge on any atom is -0.234 e. The van der Waals surface area contributed by atoms with Crippen LogP contribution in [0, 0.1) is 13.8 Å². The van der Waals surface area contributed by atoms with Crippen LogP contribution in [0.5, 0.6) is 0 Å². The molecule has 0 N–H and O–H groups in total. The molecule has 2 rings (SSSR count). The zero-order chi connectivity index (χ0) is 10.8. The monoisotopic (exact) mass is 201 g/mol. The minimum atomic E-state index is 0.896. The molecule has 3 heteroatoms. The zero-order valence-corrected chi connectivity index (χ0v) is 9.36. The third kappa shape index (κ3) is 1.77. The molecule has 2 aromatic heterocycles. The van der Waals surface area contributed by atoms with Crippen molar-refractivity contribution >= 4 is 0 Å². The highest BCUT2D eigenvalue weighted by atomic mass is 15.3. The number of pyridine rings is 1. The first-order valence-electron chi connectivity index (χ1n) is 5.20. The summed E-state index contributed by atoms with van der Waals surface area (Å²) in [6.07, 6.45) is 2.82. The highest BCUT2D eigenvalue weighted by Crippen LogP contribution is 2.11. The molecule has 0 aliphatic heterocycles. The molecule has 0 aliphatic carbocycles. The molecule has 0 atom stereocenters. The molecule has 3 nitrogen and oxygen atoms in total. The average molecular weight is 201 g/mol. The van der Waals surface area contributed by atoms with Gasteiger partial charge in [0.25, 0.3) is 0 Å². The Kier molecular flexibility index (Phi) is 2.54. The third-order valence-corrected chi connectivity index (χ3v) is 2.61. The number of aryl methyl sites for hydroxylation is 3. The van der Waals surface area contributed by atoms with Crippen LogP contribution in [0.15, 0.2) is 24.4 Å². The van der Waals surface area contributed by atoms with E-state index in [0.717, 1.165) is 23.6 Å². The van der Waals surface area contributed by atoms with Crippen molar-refractivity contribution in [2.75, 3.05) is 0 Å². The van der Waals surface area contributed by atoms with Crippen molar-refractivity contribution in [3.63, 3.8) is 0 Å². The summed E-state index contributed by atoms with van der Waals surface area (Å²) in [5, 5.41) is 4.24. The Balaban J connectivity index is 2.47. The Morgan fingerprint density at radius 2 is 2.00 bits per heavy atom. The molecule has 0 saturated carbocycles.